The minimum absolute atomic E-state index is 0.306. The molecule has 1 unspecified atom stereocenters. The SMILES string of the molecule is CN(CC1CCOC1)S(=O)(=O)c1ccc(Br)cc1. The molecule has 0 amide bonds. The van der Waals surface area contributed by atoms with Gasteiger partial charge in [-0.1, -0.05) is 15.9 Å². The standard InChI is InChI=1S/C12H16BrNO3S/c1-14(8-10-6-7-17-9-10)18(15,16)12-4-2-11(13)3-5-12/h2-5,10H,6-9H2,1H3. The summed E-state index contributed by atoms with van der Waals surface area (Å²) in [5.41, 5.74) is 0. The monoisotopic (exact) mass is 333 g/mol. The molecule has 0 aliphatic carbocycles. The number of nitrogens with zero attached hydrogens (tertiary/aromatic N) is 1. The van der Waals surface area contributed by atoms with Crippen LogP contribution in [0.4, 0.5) is 0 Å². The number of rotatable bonds is 4. The average Bonchev–Trinajstić information content (AvgIpc) is 2.82. The molecule has 4 nitrogen and oxygen atoms in total. The van der Waals surface area contributed by atoms with E-state index in [-0.39, 0.29) is 0 Å². The first-order valence-electron chi connectivity index (χ1n) is 5.80. The van der Waals surface area contributed by atoms with Gasteiger partial charge in [0.05, 0.1) is 11.5 Å². The minimum Gasteiger partial charge on any atom is -0.381 e. The second-order valence-corrected chi connectivity index (χ2v) is 7.43. The molecule has 6 heteroatoms. The fraction of sp³-hybridized carbons (Fsp3) is 0.500. The second-order valence-electron chi connectivity index (χ2n) is 4.47. The van der Waals surface area contributed by atoms with E-state index in [9.17, 15) is 8.42 Å². The molecule has 0 bridgehead atoms. The van der Waals surface area contributed by atoms with Crippen LogP contribution >= 0.6 is 15.9 Å². The molecule has 1 aliphatic rings. The summed E-state index contributed by atoms with van der Waals surface area (Å²) in [6.07, 6.45) is 0.931. The van der Waals surface area contributed by atoms with Crippen LogP contribution in [0.5, 0.6) is 0 Å². The van der Waals surface area contributed by atoms with Gasteiger partial charge in [0.25, 0.3) is 0 Å². The number of ether oxygens (including phenoxy) is 1. The van der Waals surface area contributed by atoms with Crippen LogP contribution in [0.1, 0.15) is 6.42 Å². The van der Waals surface area contributed by atoms with Crippen molar-refractivity contribution in [1.82, 2.24) is 4.31 Å². The number of sulfonamides is 1. The van der Waals surface area contributed by atoms with Crippen molar-refractivity contribution in [2.24, 2.45) is 5.92 Å². The van der Waals surface area contributed by atoms with Crippen molar-refractivity contribution in [3.8, 4) is 0 Å². The lowest BCUT2D eigenvalue weighted by Crippen LogP contribution is -2.32. The summed E-state index contributed by atoms with van der Waals surface area (Å²) in [6, 6.07) is 6.70. The van der Waals surface area contributed by atoms with Crippen LogP contribution in [0.3, 0.4) is 0 Å². The molecule has 0 saturated carbocycles. The molecule has 0 aromatic heterocycles. The van der Waals surface area contributed by atoms with Gasteiger partial charge in [-0.2, -0.15) is 0 Å². The maximum absolute atomic E-state index is 12.3. The Labute approximate surface area is 116 Å². The average molecular weight is 334 g/mol. The van der Waals surface area contributed by atoms with Crippen LogP contribution in [0.2, 0.25) is 0 Å². The molecular formula is C12H16BrNO3S. The number of benzene rings is 1. The van der Waals surface area contributed by atoms with Crippen LogP contribution < -0.4 is 0 Å². The molecule has 1 atom stereocenters. The maximum Gasteiger partial charge on any atom is 0.242 e. The van der Waals surface area contributed by atoms with E-state index in [1.807, 2.05) is 0 Å². The lowest BCUT2D eigenvalue weighted by molar-refractivity contribution is 0.182. The van der Waals surface area contributed by atoms with Gasteiger partial charge in [0.15, 0.2) is 0 Å². The van der Waals surface area contributed by atoms with Gasteiger partial charge in [0, 0.05) is 24.7 Å². The predicted octanol–water partition coefficient (Wildman–Crippen LogP) is 2.11. The molecule has 1 aromatic rings. The maximum atomic E-state index is 12.3. The van der Waals surface area contributed by atoms with Crippen LogP contribution in [-0.4, -0.2) is 39.5 Å². The number of hydrogen-bond donors (Lipinski definition) is 0. The first-order chi connectivity index (χ1) is 8.50. The summed E-state index contributed by atoms with van der Waals surface area (Å²) in [5, 5.41) is 0. The van der Waals surface area contributed by atoms with Gasteiger partial charge in [-0.05, 0) is 36.6 Å². The zero-order valence-corrected chi connectivity index (χ0v) is 12.6. The second kappa shape index (κ2) is 5.69. The molecule has 0 radical (unpaired) electrons. The van der Waals surface area contributed by atoms with Crippen molar-refractivity contribution in [2.75, 3.05) is 26.8 Å². The van der Waals surface area contributed by atoms with Crippen LogP contribution in [0, 0.1) is 5.92 Å². The van der Waals surface area contributed by atoms with Gasteiger partial charge in [0.1, 0.15) is 0 Å². The van der Waals surface area contributed by atoms with Crippen LogP contribution in [-0.2, 0) is 14.8 Å². The molecule has 0 spiro atoms. The fourth-order valence-electron chi connectivity index (χ4n) is 1.98. The Morgan fingerprint density at radius 3 is 2.61 bits per heavy atom. The van der Waals surface area contributed by atoms with Crippen molar-refractivity contribution >= 4 is 26.0 Å². The van der Waals surface area contributed by atoms with Gasteiger partial charge in [0.2, 0.25) is 10.0 Å². The summed E-state index contributed by atoms with van der Waals surface area (Å²) in [7, 11) is -1.77. The number of hydrogen-bond acceptors (Lipinski definition) is 3. The predicted molar refractivity (Wildman–Crippen MR) is 72.9 cm³/mol. The Bertz CT molecular complexity index is 495. The van der Waals surface area contributed by atoms with Crippen LogP contribution in [0.25, 0.3) is 0 Å². The molecule has 1 fully saturated rings. The Balaban J connectivity index is 2.11. The molecule has 0 N–H and O–H groups in total. The third-order valence-corrected chi connectivity index (χ3v) is 5.43. The van der Waals surface area contributed by atoms with Crippen LogP contribution in [0.15, 0.2) is 33.6 Å². The molecule has 1 aliphatic heterocycles. The Morgan fingerprint density at radius 1 is 1.39 bits per heavy atom. The van der Waals surface area contributed by atoms with E-state index in [0.717, 1.165) is 17.5 Å². The first kappa shape index (κ1) is 14.0. The van der Waals surface area contributed by atoms with E-state index < -0.39 is 10.0 Å². The van der Waals surface area contributed by atoms with E-state index in [4.69, 9.17) is 4.74 Å². The zero-order valence-electron chi connectivity index (χ0n) is 10.2. The molecule has 1 heterocycles. The third kappa shape index (κ3) is 3.12. The topological polar surface area (TPSA) is 46.6 Å². The van der Waals surface area contributed by atoms with Gasteiger partial charge < -0.3 is 4.74 Å². The van der Waals surface area contributed by atoms with Gasteiger partial charge >= 0.3 is 0 Å². The molecule has 2 rings (SSSR count). The van der Waals surface area contributed by atoms with Crippen molar-refractivity contribution in [3.63, 3.8) is 0 Å². The summed E-state index contributed by atoms with van der Waals surface area (Å²) < 4.78 is 32.1. The van der Waals surface area contributed by atoms with Crippen molar-refractivity contribution in [3.05, 3.63) is 28.7 Å². The highest BCUT2D eigenvalue weighted by molar-refractivity contribution is 9.10. The highest BCUT2D eigenvalue weighted by atomic mass is 79.9. The van der Waals surface area contributed by atoms with Gasteiger partial charge in [-0.15, -0.1) is 0 Å². The zero-order chi connectivity index (χ0) is 13.2. The minimum atomic E-state index is -3.39. The van der Waals surface area contributed by atoms with E-state index in [0.29, 0.717) is 24.0 Å². The summed E-state index contributed by atoms with van der Waals surface area (Å²) in [6.45, 7) is 1.90. The molecular weight excluding hydrogens is 318 g/mol. The molecule has 100 valence electrons. The lowest BCUT2D eigenvalue weighted by atomic mass is 10.1. The summed E-state index contributed by atoms with van der Waals surface area (Å²) in [4.78, 5) is 0.326. The fourth-order valence-corrected chi connectivity index (χ4v) is 3.49. The largest absolute Gasteiger partial charge is 0.381 e. The Kier molecular flexibility index (Phi) is 4.42. The van der Waals surface area contributed by atoms with Crippen molar-refractivity contribution in [1.29, 1.82) is 0 Å². The van der Waals surface area contributed by atoms with Gasteiger partial charge in [-0.25, -0.2) is 12.7 Å². The first-order valence-corrected chi connectivity index (χ1v) is 8.03. The highest BCUT2D eigenvalue weighted by Crippen LogP contribution is 2.20. The van der Waals surface area contributed by atoms with Gasteiger partial charge in [-0.3, -0.25) is 0 Å². The number of halogens is 1. The molecule has 18 heavy (non-hydrogen) atoms. The van der Waals surface area contributed by atoms with Crippen molar-refractivity contribution < 1.29 is 13.2 Å². The normalized spacial score (nSPS) is 20.5. The lowest BCUT2D eigenvalue weighted by Gasteiger charge is -2.20. The Morgan fingerprint density at radius 2 is 2.06 bits per heavy atom. The molecule has 1 aromatic carbocycles. The quantitative estimate of drug-likeness (QED) is 0.847. The highest BCUT2D eigenvalue weighted by Gasteiger charge is 2.25. The van der Waals surface area contributed by atoms with E-state index in [1.54, 1.807) is 31.3 Å². The smallest absolute Gasteiger partial charge is 0.242 e. The van der Waals surface area contributed by atoms with E-state index in [1.165, 1.54) is 4.31 Å². The third-order valence-electron chi connectivity index (χ3n) is 3.06. The Hall–Kier alpha value is -0.430. The summed E-state index contributed by atoms with van der Waals surface area (Å²) in [5.74, 6) is 0.306. The van der Waals surface area contributed by atoms with Crippen molar-refractivity contribution in [2.45, 2.75) is 11.3 Å². The summed E-state index contributed by atoms with van der Waals surface area (Å²) >= 11 is 3.30. The van der Waals surface area contributed by atoms with E-state index in [2.05, 4.69) is 15.9 Å². The van der Waals surface area contributed by atoms with E-state index >= 15 is 0 Å². The molecule has 1 saturated heterocycles.